The van der Waals surface area contributed by atoms with Crippen LogP contribution >= 0.6 is 24.0 Å². The van der Waals surface area contributed by atoms with E-state index in [1.165, 1.54) is 11.0 Å². The van der Waals surface area contributed by atoms with E-state index in [0.717, 1.165) is 0 Å². The van der Waals surface area contributed by atoms with Gasteiger partial charge in [0.1, 0.15) is 6.33 Å². The maximum Gasteiger partial charge on any atom is 0.253 e. The van der Waals surface area contributed by atoms with E-state index >= 15 is 0 Å². The number of nitrogens with two attached hydrogens (primary N) is 1. The van der Waals surface area contributed by atoms with E-state index in [4.69, 9.17) is 17.3 Å². The van der Waals surface area contributed by atoms with E-state index in [9.17, 15) is 4.79 Å². The highest BCUT2D eigenvalue weighted by molar-refractivity contribution is 6.31. The molecule has 1 amide bonds. The van der Waals surface area contributed by atoms with Crippen LogP contribution in [0.1, 0.15) is 24.2 Å². The lowest BCUT2D eigenvalue weighted by Crippen LogP contribution is -2.45. The van der Waals surface area contributed by atoms with Crippen molar-refractivity contribution in [1.29, 1.82) is 0 Å². The van der Waals surface area contributed by atoms with Crippen LogP contribution in [0.2, 0.25) is 5.02 Å². The lowest BCUT2D eigenvalue weighted by molar-refractivity contribution is 0.0946. The average molecular weight is 331 g/mol. The highest BCUT2D eigenvalue weighted by Crippen LogP contribution is 2.19. The molecule has 0 spiro atoms. The number of amides is 1. The zero-order valence-corrected chi connectivity index (χ0v) is 13.1. The van der Waals surface area contributed by atoms with Crippen molar-refractivity contribution in [2.24, 2.45) is 5.73 Å². The molecule has 9 heteroatoms. The highest BCUT2D eigenvalue weighted by atomic mass is 35.5. The van der Waals surface area contributed by atoms with Gasteiger partial charge >= 0.3 is 0 Å². The van der Waals surface area contributed by atoms with Gasteiger partial charge in [-0.3, -0.25) is 4.79 Å². The number of halogens is 2. The Morgan fingerprint density at radius 1 is 1.48 bits per heavy atom. The third-order valence-corrected chi connectivity index (χ3v) is 2.74. The molecule has 2 aromatic rings. The number of hydrogen-bond acceptors (Lipinski definition) is 5. The minimum absolute atomic E-state index is 0. The van der Waals surface area contributed by atoms with Gasteiger partial charge in [0.2, 0.25) is 0 Å². The second-order valence-corrected chi connectivity index (χ2v) is 5.52. The Labute approximate surface area is 133 Å². The fourth-order valence-corrected chi connectivity index (χ4v) is 1.74. The lowest BCUT2D eigenvalue weighted by atomic mass is 10.1. The Balaban J connectivity index is 0.00000220. The van der Waals surface area contributed by atoms with Gasteiger partial charge in [-0.2, -0.15) is 4.68 Å². The summed E-state index contributed by atoms with van der Waals surface area (Å²) in [5.74, 6) is -0.281. The normalized spacial score (nSPS) is 10.9. The Hall–Kier alpha value is -1.70. The van der Waals surface area contributed by atoms with Crippen LogP contribution in [-0.2, 0) is 0 Å². The number of nitrogens with zero attached hydrogens (tertiary/aromatic N) is 4. The molecule has 0 saturated heterocycles. The maximum absolute atomic E-state index is 12.3. The Kier molecular flexibility index (Phi) is 5.65. The van der Waals surface area contributed by atoms with Crippen LogP contribution in [0.4, 0.5) is 0 Å². The predicted molar refractivity (Wildman–Crippen MR) is 82.0 cm³/mol. The monoisotopic (exact) mass is 330 g/mol. The number of carbonyl (C=O) groups excluding carboxylic acids is 1. The Morgan fingerprint density at radius 3 is 2.76 bits per heavy atom. The second kappa shape index (κ2) is 6.84. The van der Waals surface area contributed by atoms with Crippen molar-refractivity contribution in [3.8, 4) is 5.69 Å². The molecule has 1 aromatic heterocycles. The summed E-state index contributed by atoms with van der Waals surface area (Å²) in [6.45, 7) is 3.99. The van der Waals surface area contributed by atoms with E-state index in [-0.39, 0.29) is 18.3 Å². The van der Waals surface area contributed by atoms with Gasteiger partial charge in [-0.05, 0) is 42.5 Å². The first-order valence-electron chi connectivity index (χ1n) is 5.97. The summed E-state index contributed by atoms with van der Waals surface area (Å²) in [6.07, 6.45) is 1.41. The fraction of sp³-hybridized carbons (Fsp3) is 0.333. The van der Waals surface area contributed by atoms with E-state index in [1.807, 2.05) is 13.8 Å². The summed E-state index contributed by atoms with van der Waals surface area (Å²) in [6, 6.07) is 4.92. The molecule has 0 aliphatic carbocycles. The van der Waals surface area contributed by atoms with E-state index in [1.54, 1.807) is 18.2 Å². The third kappa shape index (κ3) is 4.66. The van der Waals surface area contributed by atoms with Gasteiger partial charge in [-0.25, -0.2) is 0 Å². The largest absolute Gasteiger partial charge is 0.350 e. The molecule has 1 heterocycles. The van der Waals surface area contributed by atoms with Crippen LogP contribution in [0.15, 0.2) is 24.5 Å². The molecule has 1 aromatic carbocycles. The Bertz CT molecular complexity index is 609. The predicted octanol–water partition coefficient (Wildman–Crippen LogP) is 1.20. The summed E-state index contributed by atoms with van der Waals surface area (Å²) in [4.78, 5) is 12.3. The van der Waals surface area contributed by atoms with Crippen molar-refractivity contribution in [2.45, 2.75) is 19.4 Å². The van der Waals surface area contributed by atoms with Crippen molar-refractivity contribution >= 4 is 29.9 Å². The molecule has 21 heavy (non-hydrogen) atoms. The molecule has 0 atom stereocenters. The second-order valence-electron chi connectivity index (χ2n) is 5.09. The van der Waals surface area contributed by atoms with Gasteiger partial charge in [0, 0.05) is 17.1 Å². The standard InChI is InChI=1S/C12H15ClN6O.ClH/c1-12(2,14)6-15-11(20)9-5-8(13)3-4-10(9)19-7-16-17-18-19;/h3-5,7H,6,14H2,1-2H3,(H,15,20);1H. The van der Waals surface area contributed by atoms with Crippen molar-refractivity contribution < 1.29 is 4.79 Å². The van der Waals surface area contributed by atoms with Crippen LogP contribution < -0.4 is 11.1 Å². The number of hydrogen-bond donors (Lipinski definition) is 2. The first-order chi connectivity index (χ1) is 9.37. The van der Waals surface area contributed by atoms with Crippen LogP contribution in [0.3, 0.4) is 0 Å². The number of carbonyl (C=O) groups is 1. The van der Waals surface area contributed by atoms with Crippen molar-refractivity contribution in [1.82, 2.24) is 25.5 Å². The Morgan fingerprint density at radius 2 is 2.19 bits per heavy atom. The highest BCUT2D eigenvalue weighted by Gasteiger charge is 2.17. The van der Waals surface area contributed by atoms with Gasteiger partial charge in [0.25, 0.3) is 5.91 Å². The lowest BCUT2D eigenvalue weighted by Gasteiger charge is -2.19. The molecule has 0 fully saturated rings. The average Bonchev–Trinajstić information content (AvgIpc) is 2.88. The summed E-state index contributed by atoms with van der Waals surface area (Å²) in [7, 11) is 0. The minimum Gasteiger partial charge on any atom is -0.350 e. The van der Waals surface area contributed by atoms with Crippen LogP contribution in [0, 0.1) is 0 Å². The summed E-state index contributed by atoms with van der Waals surface area (Å²) < 4.78 is 1.40. The minimum atomic E-state index is -0.497. The molecule has 0 bridgehead atoms. The maximum atomic E-state index is 12.3. The van der Waals surface area contributed by atoms with Gasteiger partial charge in [0.05, 0.1) is 11.3 Å². The van der Waals surface area contributed by atoms with Gasteiger partial charge in [-0.15, -0.1) is 17.5 Å². The van der Waals surface area contributed by atoms with Gasteiger partial charge in [-0.1, -0.05) is 11.6 Å². The van der Waals surface area contributed by atoms with Crippen LogP contribution in [0.5, 0.6) is 0 Å². The molecular weight excluding hydrogens is 315 g/mol. The number of aromatic nitrogens is 4. The number of nitrogens with one attached hydrogen (secondary N) is 1. The van der Waals surface area contributed by atoms with Crippen molar-refractivity contribution in [2.75, 3.05) is 6.54 Å². The molecule has 2 rings (SSSR count). The molecule has 0 aliphatic heterocycles. The quantitative estimate of drug-likeness (QED) is 0.877. The first kappa shape index (κ1) is 17.4. The van der Waals surface area contributed by atoms with Gasteiger partial charge in [0.15, 0.2) is 0 Å². The van der Waals surface area contributed by atoms with Gasteiger partial charge < -0.3 is 11.1 Å². The fourth-order valence-electron chi connectivity index (χ4n) is 1.56. The summed E-state index contributed by atoms with van der Waals surface area (Å²) in [5.41, 5.74) is 6.28. The first-order valence-corrected chi connectivity index (χ1v) is 6.34. The zero-order valence-electron chi connectivity index (χ0n) is 11.6. The van der Waals surface area contributed by atoms with Crippen molar-refractivity contribution in [3.05, 3.63) is 35.1 Å². The molecule has 114 valence electrons. The number of rotatable bonds is 4. The summed E-state index contributed by atoms with van der Waals surface area (Å²) >= 11 is 5.95. The number of benzene rings is 1. The molecule has 0 radical (unpaired) electrons. The third-order valence-electron chi connectivity index (χ3n) is 2.50. The molecule has 3 N–H and O–H groups in total. The zero-order chi connectivity index (χ0) is 14.8. The van der Waals surface area contributed by atoms with Crippen molar-refractivity contribution in [3.63, 3.8) is 0 Å². The molecule has 0 saturated carbocycles. The van der Waals surface area contributed by atoms with E-state index in [0.29, 0.717) is 22.8 Å². The summed E-state index contributed by atoms with van der Waals surface area (Å²) in [5, 5.41) is 14.1. The van der Waals surface area contributed by atoms with E-state index in [2.05, 4.69) is 20.8 Å². The molecule has 0 aliphatic rings. The smallest absolute Gasteiger partial charge is 0.253 e. The van der Waals surface area contributed by atoms with E-state index < -0.39 is 5.54 Å². The molecule has 0 unspecified atom stereocenters. The SMILES string of the molecule is CC(C)(N)CNC(=O)c1cc(Cl)ccc1-n1cnnn1.Cl. The molecular formula is C12H16Cl2N6O. The topological polar surface area (TPSA) is 98.7 Å². The van der Waals surface area contributed by atoms with Crippen LogP contribution in [-0.4, -0.2) is 38.2 Å². The van der Waals surface area contributed by atoms with Crippen LogP contribution in [0.25, 0.3) is 5.69 Å². The number of tetrazole rings is 1. The molecule has 7 nitrogen and oxygen atoms in total.